The molecule has 0 spiro atoms. The van der Waals surface area contributed by atoms with Crippen LogP contribution in [0.15, 0.2) is 30.3 Å². The number of rotatable bonds is 9. The number of hydrogen-bond acceptors (Lipinski definition) is 1. The first-order valence-electron chi connectivity index (χ1n) is 16.4. The van der Waals surface area contributed by atoms with Crippen molar-refractivity contribution in [2.45, 2.75) is 102 Å². The topological polar surface area (TPSA) is 9.23 Å². The quantitative estimate of drug-likeness (QED) is 0.124. The average Bonchev–Trinajstić information content (AvgIpc) is 3.00. The zero-order chi connectivity index (χ0) is 34.8. The van der Waals surface area contributed by atoms with E-state index >= 15 is 17.6 Å². The molecule has 5 rings (SSSR count). The minimum atomic E-state index is -5.09. The van der Waals surface area contributed by atoms with E-state index in [1.54, 1.807) is 0 Å². The molecule has 0 bridgehead atoms. The van der Waals surface area contributed by atoms with Crippen LogP contribution in [0.25, 0.3) is 10.8 Å². The van der Waals surface area contributed by atoms with Gasteiger partial charge in [0.2, 0.25) is 0 Å². The van der Waals surface area contributed by atoms with E-state index in [0.717, 1.165) is 30.9 Å². The summed E-state index contributed by atoms with van der Waals surface area (Å²) >= 11 is 0. The van der Waals surface area contributed by atoms with Crippen LogP contribution in [-0.4, -0.2) is 6.18 Å². The number of unbranched alkanes of at least 4 members (excludes halogenated alkanes) is 2. The predicted molar refractivity (Wildman–Crippen MR) is 162 cm³/mol. The molecular weight excluding hydrogens is 650 g/mol. The number of fused-ring (bicyclic) bond motifs is 1. The minimum absolute atomic E-state index is 0.204. The molecule has 48 heavy (non-hydrogen) atoms. The highest BCUT2D eigenvalue weighted by Crippen LogP contribution is 2.46. The molecule has 0 heterocycles. The lowest BCUT2D eigenvalue weighted by molar-refractivity contribution is -0.189. The molecule has 11 heteroatoms. The highest BCUT2D eigenvalue weighted by Gasteiger charge is 2.42. The second-order valence-corrected chi connectivity index (χ2v) is 13.2. The third kappa shape index (κ3) is 8.23. The standard InChI is InChI=1S/C37H36F10O/c1-2-3-4-5-21-6-8-22(9-7-21)23-10-12-24(13-11-23)25-17-31(40)34(32(41)18-25)37(46,47)48-27-16-26-19-29(38)28(14-15-36(43,44)45)35(42)33(26)30(39)20-27/h16-24H,2-13H2,1H3. The maximum Gasteiger partial charge on any atom is 0.458 e. The van der Waals surface area contributed by atoms with Gasteiger partial charge in [0.25, 0.3) is 0 Å². The molecule has 0 aliphatic heterocycles. The maximum atomic E-state index is 15.2. The van der Waals surface area contributed by atoms with Crippen LogP contribution in [0.3, 0.4) is 0 Å². The van der Waals surface area contributed by atoms with Crippen molar-refractivity contribution < 1.29 is 48.6 Å². The number of benzene rings is 3. The molecule has 2 aliphatic carbocycles. The van der Waals surface area contributed by atoms with E-state index in [-0.39, 0.29) is 17.5 Å². The lowest BCUT2D eigenvalue weighted by Crippen LogP contribution is -2.27. The van der Waals surface area contributed by atoms with E-state index in [2.05, 4.69) is 11.7 Å². The Labute approximate surface area is 273 Å². The van der Waals surface area contributed by atoms with Gasteiger partial charge in [-0.1, -0.05) is 51.4 Å². The van der Waals surface area contributed by atoms with Crippen molar-refractivity contribution in [3.63, 3.8) is 0 Å². The van der Waals surface area contributed by atoms with Crippen LogP contribution in [0.1, 0.15) is 107 Å². The molecule has 1 nitrogen and oxygen atoms in total. The molecule has 0 aromatic heterocycles. The number of halogens is 10. The Morgan fingerprint density at radius 1 is 0.708 bits per heavy atom. The van der Waals surface area contributed by atoms with E-state index in [1.807, 2.05) is 0 Å². The fourth-order valence-electron chi connectivity index (χ4n) is 7.55. The fraction of sp³-hybridized carbons (Fsp3) is 0.514. The first-order chi connectivity index (χ1) is 22.7. The van der Waals surface area contributed by atoms with Gasteiger partial charge >= 0.3 is 12.3 Å². The van der Waals surface area contributed by atoms with Gasteiger partial charge in [0.15, 0.2) is 5.82 Å². The SMILES string of the molecule is CCCCCC1CCC(C2CCC(c3cc(F)c(C(F)(F)Oc4cc(F)c5c(F)c(C#CC(F)(F)F)c(F)cc5c4)c(F)c3)CC2)CC1. The monoisotopic (exact) mass is 686 g/mol. The Morgan fingerprint density at radius 3 is 1.90 bits per heavy atom. The fourth-order valence-corrected chi connectivity index (χ4v) is 7.55. The van der Waals surface area contributed by atoms with Gasteiger partial charge in [-0.3, -0.25) is 0 Å². The highest BCUT2D eigenvalue weighted by molar-refractivity contribution is 5.87. The smallest absolute Gasteiger partial charge is 0.429 e. The molecule has 2 aliphatic rings. The van der Waals surface area contributed by atoms with Gasteiger partial charge in [0.05, 0.1) is 10.9 Å². The predicted octanol–water partition coefficient (Wildman–Crippen LogP) is 12.2. The third-order valence-electron chi connectivity index (χ3n) is 10.0. The summed E-state index contributed by atoms with van der Waals surface area (Å²) in [6, 6.07) is 2.92. The molecule has 3 aromatic rings. The van der Waals surface area contributed by atoms with Gasteiger partial charge in [-0.05, 0) is 97.4 Å². The second-order valence-electron chi connectivity index (χ2n) is 13.2. The van der Waals surface area contributed by atoms with Crippen LogP contribution >= 0.6 is 0 Å². The zero-order valence-electron chi connectivity index (χ0n) is 26.4. The summed E-state index contributed by atoms with van der Waals surface area (Å²) in [6.07, 6.45) is 3.31. The number of alkyl halides is 5. The van der Waals surface area contributed by atoms with Crippen LogP contribution < -0.4 is 4.74 Å². The van der Waals surface area contributed by atoms with Gasteiger partial charge in [-0.2, -0.15) is 22.0 Å². The number of hydrogen-bond donors (Lipinski definition) is 0. The summed E-state index contributed by atoms with van der Waals surface area (Å²) in [5.41, 5.74) is -2.84. The van der Waals surface area contributed by atoms with Crippen LogP contribution in [0, 0.1) is 58.7 Å². The molecular formula is C37H36F10O. The van der Waals surface area contributed by atoms with Gasteiger partial charge < -0.3 is 4.74 Å². The Bertz CT molecular complexity index is 1650. The average molecular weight is 687 g/mol. The van der Waals surface area contributed by atoms with Gasteiger partial charge in [0.1, 0.15) is 34.6 Å². The van der Waals surface area contributed by atoms with Crippen LogP contribution in [0.2, 0.25) is 0 Å². The van der Waals surface area contributed by atoms with Crippen molar-refractivity contribution in [2.75, 3.05) is 0 Å². The molecule has 260 valence electrons. The number of ether oxygens (including phenoxy) is 1. The molecule has 0 radical (unpaired) electrons. The first kappa shape index (κ1) is 35.9. The molecule has 0 saturated heterocycles. The Balaban J connectivity index is 1.27. The van der Waals surface area contributed by atoms with E-state index < -0.39 is 69.0 Å². The minimum Gasteiger partial charge on any atom is -0.429 e. The van der Waals surface area contributed by atoms with Crippen molar-refractivity contribution >= 4 is 10.8 Å². The van der Waals surface area contributed by atoms with Gasteiger partial charge in [-0.25, -0.2) is 22.0 Å². The summed E-state index contributed by atoms with van der Waals surface area (Å²) in [6.45, 7) is 2.20. The van der Waals surface area contributed by atoms with Gasteiger partial charge in [-0.15, -0.1) is 0 Å². The molecule has 0 N–H and O–H groups in total. The summed E-state index contributed by atoms with van der Waals surface area (Å²) in [5.74, 6) is -5.47. The van der Waals surface area contributed by atoms with Crippen molar-refractivity contribution in [3.8, 4) is 17.6 Å². The molecule has 2 saturated carbocycles. The first-order valence-corrected chi connectivity index (χ1v) is 16.4. The van der Waals surface area contributed by atoms with E-state index in [4.69, 9.17) is 0 Å². The van der Waals surface area contributed by atoms with Crippen molar-refractivity contribution in [3.05, 3.63) is 76.1 Å². The largest absolute Gasteiger partial charge is 0.458 e. The second kappa shape index (κ2) is 14.6. The molecule has 3 aromatic carbocycles. The van der Waals surface area contributed by atoms with Crippen LogP contribution in [-0.2, 0) is 6.11 Å². The van der Waals surface area contributed by atoms with E-state index in [9.17, 15) is 26.3 Å². The highest BCUT2D eigenvalue weighted by atomic mass is 19.4. The molecule has 0 unspecified atom stereocenters. The summed E-state index contributed by atoms with van der Waals surface area (Å²) in [5, 5.41) is -1.73. The summed E-state index contributed by atoms with van der Waals surface area (Å²) in [4.78, 5) is 0. The van der Waals surface area contributed by atoms with Crippen molar-refractivity contribution in [1.82, 2.24) is 0 Å². The molecule has 2 fully saturated rings. The van der Waals surface area contributed by atoms with E-state index in [0.29, 0.717) is 42.7 Å². The van der Waals surface area contributed by atoms with Crippen LogP contribution in [0.5, 0.6) is 5.75 Å². The Kier molecular flexibility index (Phi) is 10.9. The molecule has 0 atom stereocenters. The maximum absolute atomic E-state index is 15.2. The molecule has 0 amide bonds. The third-order valence-corrected chi connectivity index (χ3v) is 10.0. The van der Waals surface area contributed by atoms with Crippen LogP contribution in [0.4, 0.5) is 43.9 Å². The Hall–Kier alpha value is -3.42. The lowest BCUT2D eigenvalue weighted by atomic mass is 9.68. The van der Waals surface area contributed by atoms with E-state index in [1.165, 1.54) is 57.3 Å². The van der Waals surface area contributed by atoms with Gasteiger partial charge in [0, 0.05) is 12.0 Å². The van der Waals surface area contributed by atoms with Crippen molar-refractivity contribution in [2.24, 2.45) is 17.8 Å². The normalized spacial score (nSPS) is 22.0. The lowest BCUT2D eigenvalue weighted by Gasteiger charge is -2.38. The summed E-state index contributed by atoms with van der Waals surface area (Å²) in [7, 11) is 0. The summed E-state index contributed by atoms with van der Waals surface area (Å²) < 4.78 is 146. The Morgan fingerprint density at radius 2 is 1.31 bits per heavy atom. The zero-order valence-corrected chi connectivity index (χ0v) is 26.4. The van der Waals surface area contributed by atoms with Crippen molar-refractivity contribution in [1.29, 1.82) is 0 Å².